The first-order valence-corrected chi connectivity index (χ1v) is 9.79. The van der Waals surface area contributed by atoms with E-state index in [0.717, 1.165) is 5.56 Å². The van der Waals surface area contributed by atoms with Crippen LogP contribution in [0, 0.1) is 0 Å². The molecule has 4 rings (SSSR count). The number of aromatic nitrogens is 1. The van der Waals surface area contributed by atoms with E-state index in [-0.39, 0.29) is 50.1 Å². The summed E-state index contributed by atoms with van der Waals surface area (Å²) < 4.78 is 6.54. The van der Waals surface area contributed by atoms with E-state index in [1.165, 1.54) is 9.47 Å². The van der Waals surface area contributed by atoms with E-state index in [2.05, 4.69) is 5.32 Å². The first-order valence-electron chi connectivity index (χ1n) is 9.41. The zero-order chi connectivity index (χ0) is 21.3. The molecule has 0 spiro atoms. The molecule has 0 unspecified atom stereocenters. The lowest BCUT2D eigenvalue weighted by atomic mass is 10.2. The van der Waals surface area contributed by atoms with Crippen LogP contribution in [-0.4, -0.2) is 27.2 Å². The first-order chi connectivity index (χ1) is 14.4. The van der Waals surface area contributed by atoms with Crippen molar-refractivity contribution in [1.82, 2.24) is 9.47 Å². The summed E-state index contributed by atoms with van der Waals surface area (Å²) in [4.78, 5) is 49.0. The summed E-state index contributed by atoms with van der Waals surface area (Å²) in [7, 11) is 0. The van der Waals surface area contributed by atoms with Crippen LogP contribution in [0.4, 0.5) is 5.69 Å². The number of amides is 3. The number of anilines is 1. The lowest BCUT2D eigenvalue weighted by Gasteiger charge is -2.14. The predicted molar refractivity (Wildman–Crippen MR) is 110 cm³/mol. The Kier molecular flexibility index (Phi) is 5.41. The number of likely N-dealkylation sites (tertiary alicyclic amines) is 1. The van der Waals surface area contributed by atoms with Crippen molar-refractivity contribution in [2.75, 3.05) is 5.32 Å². The van der Waals surface area contributed by atoms with Gasteiger partial charge >= 0.3 is 5.76 Å². The molecule has 0 saturated carbocycles. The summed E-state index contributed by atoms with van der Waals surface area (Å²) in [5, 5.41) is 3.23. The highest BCUT2D eigenvalue weighted by Gasteiger charge is 2.28. The molecular weight excluding hydrogens is 410 g/mol. The van der Waals surface area contributed by atoms with Crippen molar-refractivity contribution in [2.24, 2.45) is 0 Å². The lowest BCUT2D eigenvalue weighted by molar-refractivity contribution is -0.139. The summed E-state index contributed by atoms with van der Waals surface area (Å²) in [6, 6.07) is 11.8. The summed E-state index contributed by atoms with van der Waals surface area (Å²) >= 11 is 5.90. The standard InChI is InChI=1S/C21H18ClN3O5/c22-14-3-6-16-17(11-14)30-21(29)24(16)10-9-18(26)23-15-4-1-13(2-5-15)12-25-19(27)7-8-20(25)28/h1-6,11H,7-10,12H2,(H,23,26). The molecule has 0 bridgehead atoms. The number of carbonyl (C=O) groups excluding carboxylic acids is 3. The molecule has 1 aliphatic rings. The highest BCUT2D eigenvalue weighted by atomic mass is 35.5. The molecule has 2 aromatic carbocycles. The Hall–Kier alpha value is -3.39. The van der Waals surface area contributed by atoms with Gasteiger partial charge in [-0.1, -0.05) is 23.7 Å². The van der Waals surface area contributed by atoms with Crippen LogP contribution in [-0.2, 0) is 27.5 Å². The van der Waals surface area contributed by atoms with Gasteiger partial charge in [-0.15, -0.1) is 0 Å². The van der Waals surface area contributed by atoms with Crippen LogP contribution in [0.5, 0.6) is 0 Å². The Balaban J connectivity index is 1.35. The second-order valence-corrected chi connectivity index (χ2v) is 7.44. The van der Waals surface area contributed by atoms with Crippen LogP contribution >= 0.6 is 11.6 Å². The van der Waals surface area contributed by atoms with Gasteiger partial charge in [0.05, 0.1) is 12.1 Å². The van der Waals surface area contributed by atoms with Gasteiger partial charge in [-0.2, -0.15) is 0 Å². The Labute approximate surface area is 176 Å². The molecule has 30 heavy (non-hydrogen) atoms. The van der Waals surface area contributed by atoms with Crippen LogP contribution in [0.3, 0.4) is 0 Å². The molecule has 1 aromatic heterocycles. The van der Waals surface area contributed by atoms with Crippen molar-refractivity contribution < 1.29 is 18.8 Å². The number of rotatable bonds is 6. The van der Waals surface area contributed by atoms with Gasteiger partial charge < -0.3 is 9.73 Å². The van der Waals surface area contributed by atoms with Crippen LogP contribution in [0.15, 0.2) is 51.7 Å². The molecule has 154 valence electrons. The zero-order valence-corrected chi connectivity index (χ0v) is 16.6. The second-order valence-electron chi connectivity index (χ2n) is 7.00. The number of imide groups is 1. The average molecular weight is 428 g/mol. The number of aryl methyl sites for hydroxylation is 1. The maximum atomic E-state index is 12.3. The minimum Gasteiger partial charge on any atom is -0.408 e. The Morgan fingerprint density at radius 2 is 1.73 bits per heavy atom. The molecule has 9 heteroatoms. The number of hydrogen-bond acceptors (Lipinski definition) is 5. The molecule has 8 nitrogen and oxygen atoms in total. The minimum absolute atomic E-state index is 0.0791. The maximum Gasteiger partial charge on any atom is 0.419 e. The smallest absolute Gasteiger partial charge is 0.408 e. The number of oxazole rings is 1. The Morgan fingerprint density at radius 1 is 1.03 bits per heavy atom. The fourth-order valence-electron chi connectivity index (χ4n) is 3.36. The van der Waals surface area contributed by atoms with Crippen LogP contribution in [0.1, 0.15) is 24.8 Å². The van der Waals surface area contributed by atoms with Gasteiger partial charge in [-0.3, -0.25) is 23.9 Å². The number of halogens is 1. The van der Waals surface area contributed by atoms with E-state index < -0.39 is 5.76 Å². The lowest BCUT2D eigenvalue weighted by Crippen LogP contribution is -2.28. The highest BCUT2D eigenvalue weighted by molar-refractivity contribution is 6.31. The molecule has 0 atom stereocenters. The van der Waals surface area contributed by atoms with Crippen molar-refractivity contribution in [2.45, 2.75) is 32.4 Å². The van der Waals surface area contributed by atoms with Crippen LogP contribution in [0.2, 0.25) is 5.02 Å². The molecule has 0 aliphatic carbocycles. The zero-order valence-electron chi connectivity index (χ0n) is 15.9. The van der Waals surface area contributed by atoms with Gasteiger partial charge in [0.15, 0.2) is 5.58 Å². The van der Waals surface area contributed by atoms with Crippen molar-refractivity contribution >= 4 is 46.1 Å². The van der Waals surface area contributed by atoms with E-state index in [0.29, 0.717) is 21.8 Å². The summed E-state index contributed by atoms with van der Waals surface area (Å²) in [6.07, 6.45) is 0.597. The van der Waals surface area contributed by atoms with Crippen LogP contribution < -0.4 is 11.1 Å². The van der Waals surface area contributed by atoms with E-state index in [9.17, 15) is 19.2 Å². The number of carbonyl (C=O) groups is 3. The summed E-state index contributed by atoms with van der Waals surface area (Å²) in [6.45, 7) is 0.392. The molecule has 3 amide bonds. The second kappa shape index (κ2) is 8.16. The molecule has 1 aliphatic heterocycles. The molecule has 0 radical (unpaired) electrons. The third-order valence-electron chi connectivity index (χ3n) is 4.93. The molecule has 1 N–H and O–H groups in total. The van der Waals surface area contributed by atoms with Crippen LogP contribution in [0.25, 0.3) is 11.1 Å². The molecule has 1 saturated heterocycles. The Bertz CT molecular complexity index is 1180. The van der Waals surface area contributed by atoms with E-state index in [1.807, 2.05) is 0 Å². The van der Waals surface area contributed by atoms with E-state index >= 15 is 0 Å². The predicted octanol–water partition coefficient (Wildman–Crippen LogP) is 2.93. The summed E-state index contributed by atoms with van der Waals surface area (Å²) in [5.74, 6) is -1.14. The van der Waals surface area contributed by atoms with E-state index in [4.69, 9.17) is 16.0 Å². The quantitative estimate of drug-likeness (QED) is 0.609. The SMILES string of the molecule is O=C(CCn1c(=O)oc2cc(Cl)ccc21)Nc1ccc(CN2C(=O)CCC2=O)cc1. The number of fused-ring (bicyclic) bond motifs is 1. The van der Waals surface area contributed by atoms with Gasteiger partial charge in [0.1, 0.15) is 0 Å². The fraction of sp³-hybridized carbons (Fsp3) is 0.238. The van der Waals surface area contributed by atoms with Crippen molar-refractivity contribution in [1.29, 1.82) is 0 Å². The highest BCUT2D eigenvalue weighted by Crippen LogP contribution is 2.19. The fourth-order valence-corrected chi connectivity index (χ4v) is 3.53. The maximum absolute atomic E-state index is 12.3. The first kappa shape index (κ1) is 19.9. The van der Waals surface area contributed by atoms with E-state index in [1.54, 1.807) is 42.5 Å². The van der Waals surface area contributed by atoms with Gasteiger partial charge in [-0.05, 0) is 29.8 Å². The third-order valence-corrected chi connectivity index (χ3v) is 5.16. The molecule has 1 fully saturated rings. The molecule has 3 aromatic rings. The number of nitrogens with one attached hydrogen (secondary N) is 1. The van der Waals surface area contributed by atoms with Gasteiger partial charge in [0.2, 0.25) is 17.7 Å². The third kappa shape index (κ3) is 4.13. The average Bonchev–Trinajstić information content (AvgIpc) is 3.20. The van der Waals surface area contributed by atoms with Gasteiger partial charge in [-0.25, -0.2) is 4.79 Å². The van der Waals surface area contributed by atoms with Gasteiger partial charge in [0.25, 0.3) is 0 Å². The van der Waals surface area contributed by atoms with Gasteiger partial charge in [0, 0.05) is 42.6 Å². The van der Waals surface area contributed by atoms with Crippen molar-refractivity contribution in [3.05, 3.63) is 63.6 Å². The normalized spacial score (nSPS) is 14.0. The molecule has 2 heterocycles. The largest absolute Gasteiger partial charge is 0.419 e. The van der Waals surface area contributed by atoms with Crippen molar-refractivity contribution in [3.63, 3.8) is 0 Å². The number of nitrogens with zero attached hydrogens (tertiary/aromatic N) is 2. The monoisotopic (exact) mass is 427 g/mol. The number of hydrogen-bond donors (Lipinski definition) is 1. The van der Waals surface area contributed by atoms with Crippen molar-refractivity contribution in [3.8, 4) is 0 Å². The Morgan fingerprint density at radius 3 is 2.43 bits per heavy atom. The minimum atomic E-state index is -0.546. The summed E-state index contributed by atoms with van der Waals surface area (Å²) in [5.41, 5.74) is 2.33. The topological polar surface area (TPSA) is 102 Å². The number of benzene rings is 2. The molecular formula is C21H18ClN3O5.